The van der Waals surface area contributed by atoms with Gasteiger partial charge in [-0.1, -0.05) is 18.2 Å². The highest BCUT2D eigenvalue weighted by molar-refractivity contribution is 5.92. The number of para-hydroxylation sites is 1. The Labute approximate surface area is 124 Å². The predicted octanol–water partition coefficient (Wildman–Crippen LogP) is 2.10. The van der Waals surface area contributed by atoms with Gasteiger partial charge >= 0.3 is 0 Å². The molecule has 0 aliphatic heterocycles. The highest BCUT2D eigenvalue weighted by Crippen LogP contribution is 2.18. The molecule has 0 radical (unpaired) electrons. The number of nitrogens with zero attached hydrogens (tertiary/aromatic N) is 2. The highest BCUT2D eigenvalue weighted by Gasteiger charge is 2.10. The quantitative estimate of drug-likeness (QED) is 0.828. The Bertz CT molecular complexity index is 600. The number of aryl methyl sites for hydroxylation is 3. The van der Waals surface area contributed by atoms with Gasteiger partial charge in [0.25, 0.3) is 5.91 Å². The molecule has 1 aromatic carbocycles. The molecule has 1 amide bonds. The summed E-state index contributed by atoms with van der Waals surface area (Å²) in [5.41, 5.74) is 2.59. The third-order valence-corrected chi connectivity index (χ3v) is 3.45. The Kier molecular flexibility index (Phi) is 4.98. The van der Waals surface area contributed by atoms with Crippen LogP contribution < -0.4 is 10.1 Å². The number of amides is 1. The Morgan fingerprint density at radius 1 is 1.38 bits per heavy atom. The molecule has 0 unspecified atom stereocenters. The molecule has 0 atom stereocenters. The summed E-state index contributed by atoms with van der Waals surface area (Å²) in [5, 5.41) is 7.05. The molecule has 2 rings (SSSR count). The van der Waals surface area contributed by atoms with Crippen molar-refractivity contribution in [2.24, 2.45) is 7.05 Å². The number of hydrogen-bond acceptors (Lipinski definition) is 3. The normalized spacial score (nSPS) is 10.4. The maximum absolute atomic E-state index is 11.9. The minimum absolute atomic E-state index is 0.126. The van der Waals surface area contributed by atoms with Crippen LogP contribution in [0.15, 0.2) is 30.3 Å². The molecule has 21 heavy (non-hydrogen) atoms. The number of carbonyl (C=O) groups excluding carboxylic acids is 1. The number of hydrogen-bond donors (Lipinski definition) is 1. The smallest absolute Gasteiger partial charge is 0.271 e. The predicted molar refractivity (Wildman–Crippen MR) is 81.6 cm³/mol. The third kappa shape index (κ3) is 3.84. The van der Waals surface area contributed by atoms with Gasteiger partial charge in [-0.25, -0.2) is 0 Å². The summed E-state index contributed by atoms with van der Waals surface area (Å²) in [7, 11) is 3.50. The van der Waals surface area contributed by atoms with Gasteiger partial charge in [-0.3, -0.25) is 9.48 Å². The first-order valence-corrected chi connectivity index (χ1v) is 7.02. The zero-order valence-corrected chi connectivity index (χ0v) is 12.7. The van der Waals surface area contributed by atoms with E-state index in [1.807, 2.05) is 38.2 Å². The standard InChI is InChI=1S/C16H21N3O2/c1-12-11-14(18-19(12)2)16(20)17-10-6-8-13-7-4-5-9-15(13)21-3/h4-5,7,9,11H,6,8,10H2,1-3H3,(H,17,20). The fourth-order valence-corrected chi connectivity index (χ4v) is 2.15. The Morgan fingerprint density at radius 3 is 2.81 bits per heavy atom. The zero-order valence-electron chi connectivity index (χ0n) is 12.7. The van der Waals surface area contributed by atoms with Gasteiger partial charge in [0.05, 0.1) is 7.11 Å². The van der Waals surface area contributed by atoms with E-state index in [2.05, 4.69) is 10.4 Å². The van der Waals surface area contributed by atoms with Gasteiger partial charge in [0.2, 0.25) is 0 Å². The van der Waals surface area contributed by atoms with Crippen LogP contribution in [-0.2, 0) is 13.5 Å². The molecule has 1 N–H and O–H groups in total. The van der Waals surface area contributed by atoms with Crippen molar-refractivity contribution >= 4 is 5.91 Å². The first-order chi connectivity index (χ1) is 10.1. The lowest BCUT2D eigenvalue weighted by Crippen LogP contribution is -2.25. The van der Waals surface area contributed by atoms with E-state index in [1.54, 1.807) is 17.9 Å². The summed E-state index contributed by atoms with van der Waals surface area (Å²) >= 11 is 0. The first-order valence-electron chi connectivity index (χ1n) is 7.02. The SMILES string of the molecule is COc1ccccc1CCCNC(=O)c1cc(C)n(C)n1. The van der Waals surface area contributed by atoms with Gasteiger partial charge in [0.1, 0.15) is 11.4 Å². The van der Waals surface area contributed by atoms with Crippen LogP contribution in [0.5, 0.6) is 5.75 Å². The van der Waals surface area contributed by atoms with E-state index in [9.17, 15) is 4.79 Å². The minimum atomic E-state index is -0.126. The summed E-state index contributed by atoms with van der Waals surface area (Å²) in [6, 6.07) is 9.73. The second-order valence-corrected chi connectivity index (χ2v) is 4.97. The lowest BCUT2D eigenvalue weighted by Gasteiger charge is -2.08. The number of nitrogens with one attached hydrogen (secondary N) is 1. The second-order valence-electron chi connectivity index (χ2n) is 4.97. The lowest BCUT2D eigenvalue weighted by atomic mass is 10.1. The van der Waals surface area contributed by atoms with Crippen molar-refractivity contribution in [2.45, 2.75) is 19.8 Å². The lowest BCUT2D eigenvalue weighted by molar-refractivity contribution is 0.0947. The molecular formula is C16H21N3O2. The fourth-order valence-electron chi connectivity index (χ4n) is 2.15. The zero-order chi connectivity index (χ0) is 15.2. The topological polar surface area (TPSA) is 56.1 Å². The molecule has 5 nitrogen and oxygen atoms in total. The van der Waals surface area contributed by atoms with Gasteiger partial charge in [0, 0.05) is 19.3 Å². The summed E-state index contributed by atoms with van der Waals surface area (Å²) in [5.74, 6) is 0.767. The van der Waals surface area contributed by atoms with Gasteiger partial charge < -0.3 is 10.1 Å². The summed E-state index contributed by atoms with van der Waals surface area (Å²) in [4.78, 5) is 11.9. The average molecular weight is 287 g/mol. The summed E-state index contributed by atoms with van der Waals surface area (Å²) < 4.78 is 7.01. The molecule has 0 saturated heterocycles. The Balaban J connectivity index is 1.80. The highest BCUT2D eigenvalue weighted by atomic mass is 16.5. The second kappa shape index (κ2) is 6.92. The van der Waals surface area contributed by atoms with Crippen LogP contribution in [0.3, 0.4) is 0 Å². The van der Waals surface area contributed by atoms with Crippen molar-refractivity contribution in [3.63, 3.8) is 0 Å². The maximum Gasteiger partial charge on any atom is 0.271 e. The van der Waals surface area contributed by atoms with Crippen LogP contribution in [0.4, 0.5) is 0 Å². The van der Waals surface area contributed by atoms with Crippen LogP contribution in [0.25, 0.3) is 0 Å². The number of rotatable bonds is 6. The van der Waals surface area contributed by atoms with Crippen molar-refractivity contribution in [1.82, 2.24) is 15.1 Å². The molecule has 0 spiro atoms. The van der Waals surface area contributed by atoms with Crippen LogP contribution in [-0.4, -0.2) is 29.3 Å². The molecule has 112 valence electrons. The molecule has 1 aromatic heterocycles. The summed E-state index contributed by atoms with van der Waals surface area (Å²) in [6.07, 6.45) is 1.73. The molecule has 0 aliphatic rings. The number of benzene rings is 1. The van der Waals surface area contributed by atoms with Crippen molar-refractivity contribution in [3.8, 4) is 5.75 Å². The first kappa shape index (κ1) is 15.1. The van der Waals surface area contributed by atoms with Crippen LogP contribution in [0.2, 0.25) is 0 Å². The molecule has 0 aliphatic carbocycles. The van der Waals surface area contributed by atoms with Gasteiger partial charge in [0.15, 0.2) is 0 Å². The molecular weight excluding hydrogens is 266 g/mol. The molecule has 1 heterocycles. The van der Waals surface area contributed by atoms with Gasteiger partial charge in [-0.15, -0.1) is 0 Å². The minimum Gasteiger partial charge on any atom is -0.496 e. The maximum atomic E-state index is 11.9. The van der Waals surface area contributed by atoms with Crippen molar-refractivity contribution in [2.75, 3.05) is 13.7 Å². The van der Waals surface area contributed by atoms with E-state index in [-0.39, 0.29) is 5.91 Å². The third-order valence-electron chi connectivity index (χ3n) is 3.45. The van der Waals surface area contributed by atoms with Crippen LogP contribution >= 0.6 is 0 Å². The molecule has 5 heteroatoms. The van der Waals surface area contributed by atoms with E-state index in [0.29, 0.717) is 12.2 Å². The number of methoxy groups -OCH3 is 1. The van der Waals surface area contributed by atoms with Crippen molar-refractivity contribution in [1.29, 1.82) is 0 Å². The molecule has 0 saturated carbocycles. The fraction of sp³-hybridized carbons (Fsp3) is 0.375. The van der Waals surface area contributed by atoms with Gasteiger partial charge in [-0.05, 0) is 37.5 Å². The van der Waals surface area contributed by atoms with Gasteiger partial charge in [-0.2, -0.15) is 5.10 Å². The number of ether oxygens (including phenoxy) is 1. The van der Waals surface area contributed by atoms with E-state index >= 15 is 0 Å². The number of aromatic nitrogens is 2. The largest absolute Gasteiger partial charge is 0.496 e. The molecule has 0 fully saturated rings. The van der Waals surface area contributed by atoms with E-state index < -0.39 is 0 Å². The van der Waals surface area contributed by atoms with E-state index in [4.69, 9.17) is 4.74 Å². The number of carbonyl (C=O) groups is 1. The van der Waals surface area contributed by atoms with E-state index in [0.717, 1.165) is 29.8 Å². The van der Waals surface area contributed by atoms with Crippen LogP contribution in [0, 0.1) is 6.92 Å². The molecule has 2 aromatic rings. The average Bonchev–Trinajstić information content (AvgIpc) is 2.83. The molecule has 0 bridgehead atoms. The summed E-state index contributed by atoms with van der Waals surface area (Å²) in [6.45, 7) is 2.54. The monoisotopic (exact) mass is 287 g/mol. The van der Waals surface area contributed by atoms with E-state index in [1.165, 1.54) is 0 Å². The Hall–Kier alpha value is -2.30. The van der Waals surface area contributed by atoms with Crippen molar-refractivity contribution in [3.05, 3.63) is 47.3 Å². The Morgan fingerprint density at radius 2 is 2.14 bits per heavy atom. The van der Waals surface area contributed by atoms with Crippen LogP contribution in [0.1, 0.15) is 28.2 Å². The van der Waals surface area contributed by atoms with Crippen molar-refractivity contribution < 1.29 is 9.53 Å².